The van der Waals surface area contributed by atoms with Crippen molar-refractivity contribution in [2.45, 2.75) is 0 Å². The van der Waals surface area contributed by atoms with Crippen LogP contribution in [0.1, 0.15) is 0 Å². The van der Waals surface area contributed by atoms with Crippen LogP contribution in [0.5, 0.6) is 5.75 Å². The van der Waals surface area contributed by atoms with Crippen molar-refractivity contribution < 1.29 is 9.66 Å². The normalized spacial score (nSPS) is 9.90. The van der Waals surface area contributed by atoms with Gasteiger partial charge >= 0.3 is 0 Å². The van der Waals surface area contributed by atoms with Crippen LogP contribution in [-0.4, -0.2) is 24.1 Å². The van der Waals surface area contributed by atoms with E-state index in [0.29, 0.717) is 17.4 Å². The van der Waals surface area contributed by atoms with Crippen molar-refractivity contribution in [3.8, 4) is 5.75 Å². The lowest BCUT2D eigenvalue weighted by atomic mass is 10.3. The summed E-state index contributed by atoms with van der Waals surface area (Å²) in [7, 11) is 3.23. The lowest BCUT2D eigenvalue weighted by Gasteiger charge is -2.08. The van der Waals surface area contributed by atoms with E-state index in [4.69, 9.17) is 4.74 Å². The van der Waals surface area contributed by atoms with Crippen molar-refractivity contribution in [3.63, 3.8) is 0 Å². The van der Waals surface area contributed by atoms with E-state index in [-0.39, 0.29) is 5.69 Å². The average Bonchev–Trinajstić information content (AvgIpc) is 2.47. The Kier molecular flexibility index (Phi) is 3.99. The molecule has 20 heavy (non-hydrogen) atoms. The second-order valence-electron chi connectivity index (χ2n) is 3.96. The molecule has 2 rings (SSSR count). The number of hydrogen-bond acceptors (Lipinski definition) is 6. The van der Waals surface area contributed by atoms with Gasteiger partial charge in [-0.1, -0.05) is 6.07 Å². The van der Waals surface area contributed by atoms with Crippen molar-refractivity contribution >= 4 is 23.0 Å². The van der Waals surface area contributed by atoms with Gasteiger partial charge in [-0.15, -0.1) is 0 Å². The Bertz CT molecular complexity index is 631. The number of benzene rings is 1. The van der Waals surface area contributed by atoms with Gasteiger partial charge in [-0.3, -0.25) is 10.1 Å². The minimum absolute atomic E-state index is 0.0326. The number of methoxy groups -OCH3 is 1. The Morgan fingerprint density at radius 2 is 2.00 bits per heavy atom. The van der Waals surface area contributed by atoms with Gasteiger partial charge in [0.15, 0.2) is 0 Å². The number of ether oxygens (including phenoxy) is 1. The maximum atomic E-state index is 10.9. The van der Waals surface area contributed by atoms with Gasteiger partial charge in [0.25, 0.3) is 5.69 Å². The molecular weight excluding hydrogens is 260 g/mol. The van der Waals surface area contributed by atoms with E-state index in [1.807, 2.05) is 18.2 Å². The van der Waals surface area contributed by atoms with E-state index in [2.05, 4.69) is 15.6 Å². The number of nitrogens with zero attached hydrogens (tertiary/aromatic N) is 2. The summed E-state index contributed by atoms with van der Waals surface area (Å²) in [6.45, 7) is 0. The van der Waals surface area contributed by atoms with E-state index in [1.54, 1.807) is 20.2 Å². The highest BCUT2D eigenvalue weighted by Gasteiger charge is 2.11. The van der Waals surface area contributed by atoms with Crippen LogP contribution in [0.15, 0.2) is 36.4 Å². The molecule has 1 aromatic carbocycles. The topological polar surface area (TPSA) is 89.3 Å². The van der Waals surface area contributed by atoms with E-state index in [9.17, 15) is 10.1 Å². The summed E-state index contributed by atoms with van der Waals surface area (Å²) in [5.41, 5.74) is 0.703. The Morgan fingerprint density at radius 3 is 2.65 bits per heavy atom. The fourth-order valence-electron chi connectivity index (χ4n) is 1.66. The summed E-state index contributed by atoms with van der Waals surface area (Å²) in [5.74, 6) is 1.50. The number of hydrogen-bond donors (Lipinski definition) is 2. The van der Waals surface area contributed by atoms with E-state index in [0.717, 1.165) is 5.69 Å². The van der Waals surface area contributed by atoms with Crippen LogP contribution in [-0.2, 0) is 0 Å². The summed E-state index contributed by atoms with van der Waals surface area (Å²) in [6.07, 6.45) is 0. The zero-order chi connectivity index (χ0) is 14.5. The molecule has 0 saturated heterocycles. The summed E-state index contributed by atoms with van der Waals surface area (Å²) >= 11 is 0. The Morgan fingerprint density at radius 1 is 1.25 bits per heavy atom. The first-order valence-electron chi connectivity index (χ1n) is 5.87. The number of pyridine rings is 1. The van der Waals surface area contributed by atoms with Crippen LogP contribution in [0, 0.1) is 10.1 Å². The zero-order valence-corrected chi connectivity index (χ0v) is 11.1. The Labute approximate surface area is 115 Å². The highest BCUT2D eigenvalue weighted by atomic mass is 16.6. The third-order valence-corrected chi connectivity index (χ3v) is 2.62. The van der Waals surface area contributed by atoms with Crippen molar-refractivity contribution in [1.29, 1.82) is 0 Å². The predicted octanol–water partition coefficient (Wildman–Crippen LogP) is 2.78. The molecule has 0 aliphatic carbocycles. The molecule has 1 heterocycles. The van der Waals surface area contributed by atoms with E-state index in [1.165, 1.54) is 12.1 Å². The molecular formula is C13H14N4O3. The molecule has 0 fully saturated rings. The maximum Gasteiger partial charge on any atom is 0.276 e. The lowest BCUT2D eigenvalue weighted by Crippen LogP contribution is -2.00. The number of aromatic nitrogens is 1. The van der Waals surface area contributed by atoms with Crippen LogP contribution in [0.4, 0.5) is 23.0 Å². The zero-order valence-electron chi connectivity index (χ0n) is 11.1. The minimum Gasteiger partial charge on any atom is -0.497 e. The molecule has 7 nitrogen and oxygen atoms in total. The highest BCUT2D eigenvalue weighted by Crippen LogP contribution is 2.24. The maximum absolute atomic E-state index is 10.9. The standard InChI is InChI=1S/C13H14N4O3/c1-14-12-7-10(17(18)19)8-13(16-12)15-9-4-3-5-11(6-9)20-2/h3-8H,1-2H3,(H2,14,15,16). The van der Waals surface area contributed by atoms with Gasteiger partial charge in [0, 0.05) is 18.8 Å². The predicted molar refractivity (Wildman–Crippen MR) is 76.7 cm³/mol. The van der Waals surface area contributed by atoms with Crippen molar-refractivity contribution in [2.24, 2.45) is 0 Å². The second kappa shape index (κ2) is 5.87. The lowest BCUT2D eigenvalue weighted by molar-refractivity contribution is -0.384. The first-order chi connectivity index (χ1) is 9.62. The van der Waals surface area contributed by atoms with Crippen molar-refractivity contribution in [3.05, 3.63) is 46.5 Å². The summed E-state index contributed by atoms with van der Waals surface area (Å²) in [4.78, 5) is 14.6. The third-order valence-electron chi connectivity index (χ3n) is 2.62. The molecule has 7 heteroatoms. The first kappa shape index (κ1) is 13.6. The molecule has 2 N–H and O–H groups in total. The molecule has 104 valence electrons. The Balaban J connectivity index is 2.32. The van der Waals surface area contributed by atoms with E-state index >= 15 is 0 Å². The SMILES string of the molecule is CNc1cc([N+](=O)[O-])cc(Nc2cccc(OC)c2)n1. The summed E-state index contributed by atoms with van der Waals surface area (Å²) < 4.78 is 5.12. The first-order valence-corrected chi connectivity index (χ1v) is 5.87. The molecule has 0 unspecified atom stereocenters. The van der Waals surface area contributed by atoms with Gasteiger partial charge in [-0.2, -0.15) is 0 Å². The largest absolute Gasteiger partial charge is 0.497 e. The highest BCUT2D eigenvalue weighted by molar-refractivity contribution is 5.63. The summed E-state index contributed by atoms with van der Waals surface area (Å²) in [6, 6.07) is 9.97. The van der Waals surface area contributed by atoms with Gasteiger partial charge in [-0.05, 0) is 12.1 Å². The molecule has 0 radical (unpaired) electrons. The average molecular weight is 274 g/mol. The van der Waals surface area contributed by atoms with Gasteiger partial charge in [0.1, 0.15) is 17.4 Å². The van der Waals surface area contributed by atoms with Gasteiger partial charge in [-0.25, -0.2) is 4.98 Å². The number of rotatable bonds is 5. The van der Waals surface area contributed by atoms with Crippen LogP contribution in [0.2, 0.25) is 0 Å². The number of nitrogens with one attached hydrogen (secondary N) is 2. The van der Waals surface area contributed by atoms with Gasteiger partial charge in [0.05, 0.1) is 24.2 Å². The van der Waals surface area contributed by atoms with Crippen molar-refractivity contribution in [2.75, 3.05) is 24.8 Å². The van der Waals surface area contributed by atoms with Crippen LogP contribution >= 0.6 is 0 Å². The molecule has 1 aromatic heterocycles. The molecule has 0 bridgehead atoms. The summed E-state index contributed by atoms with van der Waals surface area (Å²) in [5, 5.41) is 16.7. The quantitative estimate of drug-likeness (QED) is 0.643. The molecule has 2 aromatic rings. The fraction of sp³-hybridized carbons (Fsp3) is 0.154. The number of nitro groups is 1. The smallest absolute Gasteiger partial charge is 0.276 e. The monoisotopic (exact) mass is 274 g/mol. The second-order valence-corrected chi connectivity index (χ2v) is 3.96. The molecule has 0 aliphatic rings. The Hall–Kier alpha value is -2.83. The molecule has 0 atom stereocenters. The van der Waals surface area contributed by atoms with Gasteiger partial charge in [0.2, 0.25) is 0 Å². The molecule has 0 amide bonds. The van der Waals surface area contributed by atoms with Crippen LogP contribution in [0.25, 0.3) is 0 Å². The van der Waals surface area contributed by atoms with Gasteiger partial charge < -0.3 is 15.4 Å². The third kappa shape index (κ3) is 3.14. The van der Waals surface area contributed by atoms with Crippen LogP contribution in [0.3, 0.4) is 0 Å². The van der Waals surface area contributed by atoms with E-state index < -0.39 is 4.92 Å². The minimum atomic E-state index is -0.459. The van der Waals surface area contributed by atoms with Crippen molar-refractivity contribution in [1.82, 2.24) is 4.98 Å². The molecule has 0 spiro atoms. The van der Waals surface area contributed by atoms with Crippen LogP contribution < -0.4 is 15.4 Å². The molecule has 0 saturated carbocycles. The number of anilines is 3. The fourth-order valence-corrected chi connectivity index (χ4v) is 1.66. The molecule has 0 aliphatic heterocycles.